The van der Waals surface area contributed by atoms with E-state index in [1.807, 2.05) is 12.1 Å². The highest BCUT2D eigenvalue weighted by atomic mass is 35.5. The zero-order chi connectivity index (χ0) is 18.0. The minimum absolute atomic E-state index is 0.111. The highest BCUT2D eigenvalue weighted by Crippen LogP contribution is 2.23. The smallest absolute Gasteiger partial charge is 0.252 e. The number of hydrogen-bond acceptors (Lipinski definition) is 2. The average molecular weight is 360 g/mol. The zero-order valence-electron chi connectivity index (χ0n) is 15.2. The second-order valence-electron chi connectivity index (χ2n) is 6.92. The number of carbonyl (C=O) groups excluding carboxylic acids is 1. The molecule has 0 aliphatic carbocycles. The maximum absolute atomic E-state index is 12.7. The van der Waals surface area contributed by atoms with E-state index in [4.69, 9.17) is 11.6 Å². The van der Waals surface area contributed by atoms with E-state index in [0.717, 1.165) is 30.2 Å². The third-order valence-electron chi connectivity index (χ3n) is 5.05. The average Bonchev–Trinajstić information content (AvgIpc) is 3.24. The Hall–Kier alpha value is -1.78. The second kappa shape index (κ2) is 7.63. The van der Waals surface area contributed by atoms with Crippen molar-refractivity contribution in [1.29, 1.82) is 0 Å². The molecule has 134 valence electrons. The number of aromatic nitrogens is 1. The molecule has 2 heterocycles. The lowest BCUT2D eigenvalue weighted by Crippen LogP contribution is -2.40. The number of likely N-dealkylation sites (tertiary alicyclic amines) is 1. The first-order valence-corrected chi connectivity index (χ1v) is 9.32. The standard InChI is InChI=1S/C20H26ClN3O/c1-14-6-7-15(2)24(14)17-8-9-19(21)18(12-17)20(25)22-13-16(3)23-10-4-5-11-23/h6-9,12,16H,4-5,10-11,13H2,1-3H3,(H,22,25)/t16-/m1/s1. The van der Waals surface area contributed by atoms with E-state index >= 15 is 0 Å². The van der Waals surface area contributed by atoms with Gasteiger partial charge in [0.2, 0.25) is 0 Å². The molecule has 1 aromatic heterocycles. The van der Waals surface area contributed by atoms with Crippen LogP contribution in [0.15, 0.2) is 30.3 Å². The molecule has 1 aliphatic heterocycles. The van der Waals surface area contributed by atoms with Crippen LogP contribution in [0.5, 0.6) is 0 Å². The Balaban J connectivity index is 1.75. The van der Waals surface area contributed by atoms with Crippen LogP contribution in [-0.4, -0.2) is 41.1 Å². The topological polar surface area (TPSA) is 37.3 Å². The van der Waals surface area contributed by atoms with E-state index in [1.54, 1.807) is 6.07 Å². The van der Waals surface area contributed by atoms with Crippen molar-refractivity contribution >= 4 is 17.5 Å². The van der Waals surface area contributed by atoms with E-state index in [2.05, 4.69) is 47.7 Å². The van der Waals surface area contributed by atoms with Crippen molar-refractivity contribution in [3.8, 4) is 5.69 Å². The van der Waals surface area contributed by atoms with Crippen LogP contribution in [0.4, 0.5) is 0 Å². The number of carbonyl (C=O) groups is 1. The van der Waals surface area contributed by atoms with Crippen LogP contribution in [0, 0.1) is 13.8 Å². The van der Waals surface area contributed by atoms with Gasteiger partial charge in [0.1, 0.15) is 0 Å². The summed E-state index contributed by atoms with van der Waals surface area (Å²) in [6.07, 6.45) is 2.50. The van der Waals surface area contributed by atoms with Gasteiger partial charge in [-0.25, -0.2) is 0 Å². The van der Waals surface area contributed by atoms with Gasteiger partial charge in [0.15, 0.2) is 0 Å². The first-order chi connectivity index (χ1) is 12.0. The highest BCUT2D eigenvalue weighted by molar-refractivity contribution is 6.33. The summed E-state index contributed by atoms with van der Waals surface area (Å²) in [7, 11) is 0. The number of hydrogen-bond donors (Lipinski definition) is 1. The summed E-state index contributed by atoms with van der Waals surface area (Å²) in [5.74, 6) is -0.111. The Kier molecular flexibility index (Phi) is 5.50. The van der Waals surface area contributed by atoms with E-state index < -0.39 is 0 Å². The van der Waals surface area contributed by atoms with Crippen molar-refractivity contribution in [3.05, 3.63) is 52.3 Å². The first kappa shape index (κ1) is 18.0. The van der Waals surface area contributed by atoms with E-state index in [-0.39, 0.29) is 5.91 Å². The summed E-state index contributed by atoms with van der Waals surface area (Å²) in [4.78, 5) is 15.1. The Morgan fingerprint density at radius 3 is 2.44 bits per heavy atom. The minimum Gasteiger partial charge on any atom is -0.350 e. The summed E-state index contributed by atoms with van der Waals surface area (Å²) >= 11 is 6.29. The van der Waals surface area contributed by atoms with Gasteiger partial charge in [-0.1, -0.05) is 11.6 Å². The monoisotopic (exact) mass is 359 g/mol. The lowest BCUT2D eigenvalue weighted by molar-refractivity contribution is 0.0940. The van der Waals surface area contributed by atoms with Crippen LogP contribution in [0.25, 0.3) is 5.69 Å². The molecule has 25 heavy (non-hydrogen) atoms. The third kappa shape index (κ3) is 3.91. The molecule has 1 aromatic carbocycles. The molecule has 1 atom stereocenters. The Labute approximate surface area is 154 Å². The summed E-state index contributed by atoms with van der Waals surface area (Å²) in [5, 5.41) is 3.53. The lowest BCUT2D eigenvalue weighted by atomic mass is 10.1. The van der Waals surface area contributed by atoms with Crippen molar-refractivity contribution < 1.29 is 4.79 Å². The highest BCUT2D eigenvalue weighted by Gasteiger charge is 2.19. The van der Waals surface area contributed by atoms with Crippen LogP contribution in [0.1, 0.15) is 41.5 Å². The molecule has 1 fully saturated rings. The Morgan fingerprint density at radius 2 is 1.80 bits per heavy atom. The maximum atomic E-state index is 12.7. The Bertz CT molecular complexity index is 743. The predicted octanol–water partition coefficient (Wildman–Crippen LogP) is 3.96. The van der Waals surface area contributed by atoms with Gasteiger partial charge in [-0.15, -0.1) is 0 Å². The van der Waals surface area contributed by atoms with Gasteiger partial charge >= 0.3 is 0 Å². The van der Waals surface area contributed by atoms with Gasteiger partial charge < -0.3 is 9.88 Å². The van der Waals surface area contributed by atoms with Gasteiger partial charge in [-0.05, 0) is 77.0 Å². The van der Waals surface area contributed by atoms with Crippen molar-refractivity contribution in [2.75, 3.05) is 19.6 Å². The molecule has 3 rings (SSSR count). The SMILES string of the molecule is Cc1ccc(C)n1-c1ccc(Cl)c(C(=O)NC[C@@H](C)N2CCCC2)c1. The summed E-state index contributed by atoms with van der Waals surface area (Å²) in [6.45, 7) is 9.16. The minimum atomic E-state index is -0.111. The van der Waals surface area contributed by atoms with Crippen LogP contribution in [0.2, 0.25) is 5.02 Å². The van der Waals surface area contributed by atoms with E-state index in [9.17, 15) is 4.79 Å². The molecular weight excluding hydrogens is 334 g/mol. The van der Waals surface area contributed by atoms with Gasteiger partial charge in [0, 0.05) is 29.7 Å². The number of benzene rings is 1. The molecule has 0 unspecified atom stereocenters. The van der Waals surface area contributed by atoms with Crippen LogP contribution in [-0.2, 0) is 0 Å². The van der Waals surface area contributed by atoms with Crippen molar-refractivity contribution in [1.82, 2.24) is 14.8 Å². The third-order valence-corrected chi connectivity index (χ3v) is 5.38. The van der Waals surface area contributed by atoms with Crippen LogP contribution < -0.4 is 5.32 Å². The van der Waals surface area contributed by atoms with E-state index in [1.165, 1.54) is 12.8 Å². The Morgan fingerprint density at radius 1 is 1.16 bits per heavy atom. The molecule has 2 aromatic rings. The number of rotatable bonds is 5. The quantitative estimate of drug-likeness (QED) is 0.877. The van der Waals surface area contributed by atoms with Crippen molar-refractivity contribution in [2.45, 2.75) is 39.7 Å². The van der Waals surface area contributed by atoms with Crippen LogP contribution in [0.3, 0.4) is 0 Å². The van der Waals surface area contributed by atoms with Crippen LogP contribution >= 0.6 is 11.6 Å². The molecule has 4 nitrogen and oxygen atoms in total. The number of nitrogens with zero attached hydrogens (tertiary/aromatic N) is 2. The number of aryl methyl sites for hydroxylation is 2. The lowest BCUT2D eigenvalue weighted by Gasteiger charge is -2.24. The molecule has 5 heteroatoms. The number of halogens is 1. The molecule has 1 aliphatic rings. The number of amides is 1. The fraction of sp³-hybridized carbons (Fsp3) is 0.450. The predicted molar refractivity (Wildman–Crippen MR) is 103 cm³/mol. The molecule has 0 spiro atoms. The van der Waals surface area contributed by atoms with Gasteiger partial charge in [-0.2, -0.15) is 0 Å². The molecule has 0 radical (unpaired) electrons. The van der Waals surface area contributed by atoms with Crippen molar-refractivity contribution in [2.24, 2.45) is 0 Å². The molecule has 1 amide bonds. The molecule has 1 N–H and O–H groups in total. The maximum Gasteiger partial charge on any atom is 0.252 e. The molecular formula is C20H26ClN3O. The fourth-order valence-corrected chi connectivity index (χ4v) is 3.75. The largest absolute Gasteiger partial charge is 0.350 e. The fourth-order valence-electron chi connectivity index (χ4n) is 3.55. The van der Waals surface area contributed by atoms with Gasteiger partial charge in [0.05, 0.1) is 10.6 Å². The molecule has 1 saturated heterocycles. The van der Waals surface area contributed by atoms with Crippen molar-refractivity contribution in [3.63, 3.8) is 0 Å². The second-order valence-corrected chi connectivity index (χ2v) is 7.32. The van der Waals surface area contributed by atoms with Gasteiger partial charge in [0.25, 0.3) is 5.91 Å². The zero-order valence-corrected chi connectivity index (χ0v) is 15.9. The summed E-state index contributed by atoms with van der Waals surface area (Å²) < 4.78 is 2.12. The number of nitrogens with one attached hydrogen (secondary N) is 1. The summed E-state index contributed by atoms with van der Waals surface area (Å²) in [6, 6.07) is 10.1. The summed E-state index contributed by atoms with van der Waals surface area (Å²) in [5.41, 5.74) is 3.75. The molecule has 0 saturated carbocycles. The first-order valence-electron chi connectivity index (χ1n) is 8.94. The van der Waals surface area contributed by atoms with E-state index in [0.29, 0.717) is 23.2 Å². The van der Waals surface area contributed by atoms with Gasteiger partial charge in [-0.3, -0.25) is 9.69 Å². The normalized spacial score (nSPS) is 16.2. The molecule has 0 bridgehead atoms.